The molecule has 2 aromatic rings. The van der Waals surface area contributed by atoms with E-state index in [1.165, 1.54) is 0 Å². The topological polar surface area (TPSA) is 69.0 Å². The lowest BCUT2D eigenvalue weighted by Gasteiger charge is -2.34. The summed E-state index contributed by atoms with van der Waals surface area (Å²) in [6, 6.07) is 8.92. The Morgan fingerprint density at radius 3 is 2.86 bits per heavy atom. The van der Waals surface area contributed by atoms with Crippen molar-refractivity contribution >= 4 is 23.1 Å². The zero-order valence-corrected chi connectivity index (χ0v) is 12.8. The van der Waals surface area contributed by atoms with Gasteiger partial charge in [0.25, 0.3) is 0 Å². The number of hydrogen-bond acceptors (Lipinski definition) is 4. The number of nitriles is 1. The molecular weight excluding hydrogens is 296 g/mol. The fourth-order valence-electron chi connectivity index (χ4n) is 2.65. The minimum Gasteiger partial charge on any atom is -0.315 e. The molecule has 1 saturated heterocycles. The quantitative estimate of drug-likeness (QED) is 0.917. The van der Waals surface area contributed by atoms with Crippen LogP contribution in [0.25, 0.3) is 0 Å². The van der Waals surface area contributed by atoms with Crippen LogP contribution in [0.5, 0.6) is 0 Å². The van der Waals surface area contributed by atoms with Gasteiger partial charge in [0.1, 0.15) is 5.01 Å². The van der Waals surface area contributed by atoms with Gasteiger partial charge in [-0.3, -0.25) is 0 Å². The summed E-state index contributed by atoms with van der Waals surface area (Å²) in [5.41, 5.74) is 1.28. The van der Waals surface area contributed by atoms with Crippen molar-refractivity contribution in [3.8, 4) is 6.07 Å². The van der Waals surface area contributed by atoms with Crippen LogP contribution in [0.1, 0.15) is 35.9 Å². The molecule has 1 aliphatic rings. The largest absolute Gasteiger partial charge is 0.322 e. The first-order valence-electron chi connectivity index (χ1n) is 7.25. The fourth-order valence-corrected chi connectivity index (χ4v) is 3.44. The van der Waals surface area contributed by atoms with E-state index < -0.39 is 0 Å². The molecule has 1 aromatic heterocycles. The zero-order chi connectivity index (χ0) is 15.4. The van der Waals surface area contributed by atoms with Crippen LogP contribution in [0.15, 0.2) is 35.8 Å². The molecule has 3 rings (SSSR count). The third-order valence-corrected chi connectivity index (χ3v) is 4.64. The highest BCUT2D eigenvalue weighted by molar-refractivity contribution is 7.09. The van der Waals surface area contributed by atoms with Crippen molar-refractivity contribution in [3.05, 3.63) is 46.4 Å². The standard InChI is InChI=1S/C16H16N4OS/c17-11-12-4-6-13(7-5-12)19-16(21)20-9-2-1-3-14(20)15-18-8-10-22-15/h4-8,10,14H,1-3,9H2,(H,19,21)/t14-/m1/s1. The Morgan fingerprint density at radius 2 is 2.18 bits per heavy atom. The van der Waals surface area contributed by atoms with Crippen molar-refractivity contribution in [1.82, 2.24) is 9.88 Å². The molecule has 0 aliphatic carbocycles. The number of urea groups is 1. The van der Waals surface area contributed by atoms with Gasteiger partial charge >= 0.3 is 6.03 Å². The second-order valence-electron chi connectivity index (χ2n) is 5.19. The zero-order valence-electron chi connectivity index (χ0n) is 12.0. The molecule has 1 aliphatic heterocycles. The highest BCUT2D eigenvalue weighted by Crippen LogP contribution is 2.32. The number of nitrogens with zero attached hydrogens (tertiary/aromatic N) is 3. The van der Waals surface area contributed by atoms with Crippen LogP contribution in [0.3, 0.4) is 0 Å². The summed E-state index contributed by atoms with van der Waals surface area (Å²) in [6.45, 7) is 0.742. The third-order valence-electron chi connectivity index (χ3n) is 3.77. The molecule has 2 amide bonds. The fraction of sp³-hybridized carbons (Fsp3) is 0.312. The first-order valence-corrected chi connectivity index (χ1v) is 8.13. The Bertz CT molecular complexity index is 675. The molecule has 5 nitrogen and oxygen atoms in total. The number of amides is 2. The van der Waals surface area contributed by atoms with E-state index in [1.54, 1.807) is 41.8 Å². The van der Waals surface area contributed by atoms with Crippen LogP contribution in [0, 0.1) is 11.3 Å². The van der Waals surface area contributed by atoms with Crippen molar-refractivity contribution in [1.29, 1.82) is 5.26 Å². The molecule has 1 aromatic carbocycles. The normalized spacial score (nSPS) is 17.8. The third kappa shape index (κ3) is 3.10. The number of anilines is 1. The van der Waals surface area contributed by atoms with Gasteiger partial charge in [-0.05, 0) is 43.5 Å². The molecule has 1 fully saturated rings. The maximum atomic E-state index is 12.6. The summed E-state index contributed by atoms with van der Waals surface area (Å²) in [5.74, 6) is 0. The molecule has 6 heteroatoms. The number of thiazole rings is 1. The van der Waals surface area contributed by atoms with Gasteiger partial charge in [-0.1, -0.05) is 0 Å². The molecule has 1 atom stereocenters. The summed E-state index contributed by atoms with van der Waals surface area (Å²) in [7, 11) is 0. The van der Waals surface area contributed by atoms with E-state index in [1.807, 2.05) is 10.3 Å². The number of hydrogen-bond donors (Lipinski definition) is 1. The monoisotopic (exact) mass is 312 g/mol. The number of rotatable bonds is 2. The summed E-state index contributed by atoms with van der Waals surface area (Å²) in [4.78, 5) is 18.8. The van der Waals surface area contributed by atoms with Gasteiger partial charge in [-0.15, -0.1) is 11.3 Å². The van der Waals surface area contributed by atoms with Crippen molar-refractivity contribution in [2.75, 3.05) is 11.9 Å². The first kappa shape index (κ1) is 14.5. The molecule has 0 radical (unpaired) electrons. The Kier molecular flexibility index (Phi) is 4.35. The van der Waals surface area contributed by atoms with Crippen molar-refractivity contribution < 1.29 is 4.79 Å². The number of benzene rings is 1. The van der Waals surface area contributed by atoms with Crippen LogP contribution in [0.2, 0.25) is 0 Å². The average molecular weight is 312 g/mol. The lowest BCUT2D eigenvalue weighted by Crippen LogP contribution is -2.41. The number of carbonyl (C=O) groups is 1. The molecule has 22 heavy (non-hydrogen) atoms. The smallest absolute Gasteiger partial charge is 0.315 e. The van der Waals surface area contributed by atoms with Crippen molar-refractivity contribution in [2.45, 2.75) is 25.3 Å². The highest BCUT2D eigenvalue weighted by Gasteiger charge is 2.29. The van der Waals surface area contributed by atoms with E-state index in [0.717, 1.165) is 30.8 Å². The Morgan fingerprint density at radius 1 is 1.36 bits per heavy atom. The van der Waals surface area contributed by atoms with E-state index in [0.29, 0.717) is 11.3 Å². The van der Waals surface area contributed by atoms with Crippen LogP contribution < -0.4 is 5.32 Å². The summed E-state index contributed by atoms with van der Waals surface area (Å²) in [5, 5.41) is 14.7. The van der Waals surface area contributed by atoms with Gasteiger partial charge in [-0.25, -0.2) is 9.78 Å². The molecule has 0 bridgehead atoms. The minimum atomic E-state index is -0.107. The van der Waals surface area contributed by atoms with Crippen LogP contribution in [-0.4, -0.2) is 22.5 Å². The van der Waals surface area contributed by atoms with Crippen LogP contribution >= 0.6 is 11.3 Å². The SMILES string of the molecule is N#Cc1ccc(NC(=O)N2CCCC[C@@H]2c2nccs2)cc1. The van der Waals surface area contributed by atoms with Crippen LogP contribution in [-0.2, 0) is 0 Å². The van der Waals surface area contributed by atoms with E-state index in [2.05, 4.69) is 16.4 Å². The van der Waals surface area contributed by atoms with Gasteiger partial charge in [-0.2, -0.15) is 5.26 Å². The molecule has 0 saturated carbocycles. The Hall–Kier alpha value is -2.39. The predicted molar refractivity (Wildman–Crippen MR) is 85.6 cm³/mol. The van der Waals surface area contributed by atoms with Gasteiger partial charge < -0.3 is 10.2 Å². The number of piperidine rings is 1. The summed E-state index contributed by atoms with van der Waals surface area (Å²) in [6.07, 6.45) is 4.87. The van der Waals surface area contributed by atoms with E-state index in [-0.39, 0.29) is 12.1 Å². The summed E-state index contributed by atoms with van der Waals surface area (Å²) < 4.78 is 0. The van der Waals surface area contributed by atoms with E-state index in [9.17, 15) is 4.79 Å². The van der Waals surface area contributed by atoms with Gasteiger partial charge in [0.2, 0.25) is 0 Å². The maximum absolute atomic E-state index is 12.6. The predicted octanol–water partition coefficient (Wildman–Crippen LogP) is 3.77. The molecule has 0 spiro atoms. The number of nitrogens with one attached hydrogen (secondary N) is 1. The highest BCUT2D eigenvalue weighted by atomic mass is 32.1. The second kappa shape index (κ2) is 6.58. The Balaban J connectivity index is 1.73. The average Bonchev–Trinajstić information content (AvgIpc) is 3.10. The first-order chi connectivity index (χ1) is 10.8. The molecule has 2 heterocycles. The molecule has 112 valence electrons. The van der Waals surface area contributed by atoms with E-state index in [4.69, 9.17) is 5.26 Å². The maximum Gasteiger partial charge on any atom is 0.322 e. The van der Waals surface area contributed by atoms with E-state index >= 15 is 0 Å². The lowest BCUT2D eigenvalue weighted by atomic mass is 10.0. The van der Waals surface area contributed by atoms with Gasteiger partial charge in [0.05, 0.1) is 17.7 Å². The van der Waals surface area contributed by atoms with Crippen molar-refractivity contribution in [2.24, 2.45) is 0 Å². The number of likely N-dealkylation sites (tertiary alicyclic amines) is 1. The van der Waals surface area contributed by atoms with Gasteiger partial charge in [0.15, 0.2) is 0 Å². The number of carbonyl (C=O) groups excluding carboxylic acids is 1. The Labute approximate surface area is 133 Å². The van der Waals surface area contributed by atoms with Gasteiger partial charge in [0, 0.05) is 23.8 Å². The van der Waals surface area contributed by atoms with Crippen molar-refractivity contribution in [3.63, 3.8) is 0 Å². The molecular formula is C16H16N4OS. The number of aromatic nitrogens is 1. The molecule has 0 unspecified atom stereocenters. The molecule has 1 N–H and O–H groups in total. The summed E-state index contributed by atoms with van der Waals surface area (Å²) >= 11 is 1.59. The van der Waals surface area contributed by atoms with Crippen LogP contribution in [0.4, 0.5) is 10.5 Å². The lowest BCUT2D eigenvalue weighted by molar-refractivity contribution is 0.163. The second-order valence-corrected chi connectivity index (χ2v) is 6.12. The minimum absolute atomic E-state index is 0.0622.